The van der Waals surface area contributed by atoms with E-state index >= 15 is 0 Å². The van der Waals surface area contributed by atoms with Crippen LogP contribution in [0.25, 0.3) is 0 Å². The standard InChI is InChI=1S/C22H22ClIN2O2/c1-21(2,3)25-20(28)22(15-9-11-16(23)12-10-15)13-6-14-26(22)19(27)17-7-4-5-8-18(17)24/h4-12,14H,13H2,1-3H3,(H,25,28). The molecule has 0 saturated carbocycles. The van der Waals surface area contributed by atoms with E-state index in [4.69, 9.17) is 11.6 Å². The van der Waals surface area contributed by atoms with E-state index in [0.717, 1.165) is 9.13 Å². The molecule has 3 rings (SSSR count). The van der Waals surface area contributed by atoms with E-state index in [0.29, 0.717) is 17.0 Å². The minimum Gasteiger partial charge on any atom is -0.349 e. The van der Waals surface area contributed by atoms with Gasteiger partial charge < -0.3 is 5.32 Å². The number of carbonyl (C=O) groups is 2. The molecule has 1 aliphatic rings. The highest BCUT2D eigenvalue weighted by Gasteiger charge is 2.50. The molecule has 0 bridgehead atoms. The smallest absolute Gasteiger partial charge is 0.260 e. The topological polar surface area (TPSA) is 49.4 Å². The molecule has 0 spiro atoms. The van der Waals surface area contributed by atoms with Crippen molar-refractivity contribution < 1.29 is 9.59 Å². The second kappa shape index (κ2) is 7.87. The summed E-state index contributed by atoms with van der Waals surface area (Å²) in [5, 5.41) is 3.64. The van der Waals surface area contributed by atoms with Crippen molar-refractivity contribution in [3.05, 3.63) is 80.5 Å². The Kier molecular flexibility index (Phi) is 5.87. The lowest BCUT2D eigenvalue weighted by molar-refractivity contribution is -0.132. The molecule has 0 aromatic heterocycles. The van der Waals surface area contributed by atoms with E-state index in [-0.39, 0.29) is 11.8 Å². The van der Waals surface area contributed by atoms with Crippen LogP contribution in [0.4, 0.5) is 0 Å². The molecular formula is C22H22ClIN2O2. The Bertz CT molecular complexity index is 934. The van der Waals surface area contributed by atoms with Crippen molar-refractivity contribution in [2.75, 3.05) is 0 Å². The molecule has 4 nitrogen and oxygen atoms in total. The minimum absolute atomic E-state index is 0.210. The highest BCUT2D eigenvalue weighted by atomic mass is 127. The second-order valence-corrected chi connectivity index (χ2v) is 9.41. The molecule has 1 aliphatic heterocycles. The van der Waals surface area contributed by atoms with Gasteiger partial charge in [0.25, 0.3) is 11.8 Å². The van der Waals surface area contributed by atoms with Gasteiger partial charge in [-0.2, -0.15) is 0 Å². The van der Waals surface area contributed by atoms with Crippen LogP contribution in [-0.2, 0) is 10.3 Å². The number of benzene rings is 2. The minimum atomic E-state index is -1.16. The largest absolute Gasteiger partial charge is 0.349 e. The van der Waals surface area contributed by atoms with Crippen LogP contribution < -0.4 is 5.32 Å². The maximum Gasteiger partial charge on any atom is 0.260 e. The Balaban J connectivity index is 2.12. The van der Waals surface area contributed by atoms with E-state index in [1.807, 2.05) is 57.2 Å². The molecule has 1 atom stereocenters. The van der Waals surface area contributed by atoms with Crippen LogP contribution in [0.15, 0.2) is 60.8 Å². The molecule has 0 aliphatic carbocycles. The summed E-state index contributed by atoms with van der Waals surface area (Å²) in [6.07, 6.45) is 3.97. The molecule has 2 aromatic rings. The maximum absolute atomic E-state index is 13.5. The van der Waals surface area contributed by atoms with Gasteiger partial charge in [0, 0.05) is 26.8 Å². The fraction of sp³-hybridized carbons (Fsp3) is 0.273. The van der Waals surface area contributed by atoms with Crippen molar-refractivity contribution >= 4 is 46.0 Å². The second-order valence-electron chi connectivity index (χ2n) is 7.82. The summed E-state index contributed by atoms with van der Waals surface area (Å²) in [6.45, 7) is 5.78. The highest BCUT2D eigenvalue weighted by Crippen LogP contribution is 2.40. The molecule has 2 amide bonds. The van der Waals surface area contributed by atoms with Crippen LogP contribution in [0.5, 0.6) is 0 Å². The zero-order valence-electron chi connectivity index (χ0n) is 16.0. The Morgan fingerprint density at radius 2 is 1.75 bits per heavy atom. The SMILES string of the molecule is CC(C)(C)NC(=O)C1(c2ccc(Cl)cc2)CC=CN1C(=O)c1ccccc1I. The monoisotopic (exact) mass is 508 g/mol. The molecular weight excluding hydrogens is 487 g/mol. The maximum atomic E-state index is 13.5. The molecule has 1 heterocycles. The third-order valence-electron chi connectivity index (χ3n) is 4.59. The Morgan fingerprint density at radius 1 is 1.11 bits per heavy atom. The Morgan fingerprint density at radius 3 is 2.36 bits per heavy atom. The van der Waals surface area contributed by atoms with Crippen LogP contribution in [0, 0.1) is 3.57 Å². The van der Waals surface area contributed by atoms with Crippen LogP contribution in [0.1, 0.15) is 43.1 Å². The van der Waals surface area contributed by atoms with E-state index in [2.05, 4.69) is 27.9 Å². The fourth-order valence-corrected chi connectivity index (χ4v) is 4.06. The van der Waals surface area contributed by atoms with Gasteiger partial charge in [-0.1, -0.05) is 41.9 Å². The first-order chi connectivity index (χ1) is 13.1. The molecule has 0 radical (unpaired) electrons. The first-order valence-corrected chi connectivity index (χ1v) is 10.4. The number of nitrogens with one attached hydrogen (secondary N) is 1. The van der Waals surface area contributed by atoms with Crippen molar-refractivity contribution in [3.63, 3.8) is 0 Å². The van der Waals surface area contributed by atoms with Gasteiger partial charge in [0.15, 0.2) is 5.54 Å². The van der Waals surface area contributed by atoms with Crippen molar-refractivity contribution in [2.24, 2.45) is 0 Å². The summed E-state index contributed by atoms with van der Waals surface area (Å²) >= 11 is 8.21. The number of hydrogen-bond acceptors (Lipinski definition) is 2. The van der Waals surface area contributed by atoms with Crippen molar-refractivity contribution in [1.29, 1.82) is 0 Å². The van der Waals surface area contributed by atoms with Crippen molar-refractivity contribution in [1.82, 2.24) is 10.2 Å². The number of rotatable bonds is 3. The van der Waals surface area contributed by atoms with E-state index in [1.54, 1.807) is 29.3 Å². The van der Waals surface area contributed by atoms with E-state index < -0.39 is 11.1 Å². The molecule has 0 saturated heterocycles. The third-order valence-corrected chi connectivity index (χ3v) is 5.78. The zero-order chi connectivity index (χ0) is 20.5. The van der Waals surface area contributed by atoms with Gasteiger partial charge in [0.1, 0.15) is 0 Å². The van der Waals surface area contributed by atoms with Crippen LogP contribution in [0.2, 0.25) is 5.02 Å². The quantitative estimate of drug-likeness (QED) is 0.586. The van der Waals surface area contributed by atoms with E-state index in [1.165, 1.54) is 0 Å². The molecule has 1 N–H and O–H groups in total. The normalized spacial score (nSPS) is 19.0. The van der Waals surface area contributed by atoms with Gasteiger partial charge in [0.05, 0.1) is 5.56 Å². The van der Waals surface area contributed by atoms with E-state index in [9.17, 15) is 9.59 Å². The summed E-state index contributed by atoms with van der Waals surface area (Å²) in [6, 6.07) is 14.5. The average Bonchev–Trinajstić information content (AvgIpc) is 3.07. The van der Waals surface area contributed by atoms with Gasteiger partial charge in [-0.05, 0) is 73.2 Å². The fourth-order valence-electron chi connectivity index (χ4n) is 3.32. The number of nitrogens with zero attached hydrogens (tertiary/aromatic N) is 1. The summed E-state index contributed by atoms with van der Waals surface area (Å²) < 4.78 is 0.839. The van der Waals surface area contributed by atoms with Gasteiger partial charge in [-0.15, -0.1) is 0 Å². The number of amides is 2. The van der Waals surface area contributed by atoms with Crippen molar-refractivity contribution in [3.8, 4) is 0 Å². The van der Waals surface area contributed by atoms with Crippen molar-refractivity contribution in [2.45, 2.75) is 38.3 Å². The summed E-state index contributed by atoms with van der Waals surface area (Å²) in [5.41, 5.74) is -0.303. The lowest BCUT2D eigenvalue weighted by Gasteiger charge is -2.39. The molecule has 146 valence electrons. The Labute approximate surface area is 184 Å². The number of carbonyl (C=O) groups excluding carboxylic acids is 2. The zero-order valence-corrected chi connectivity index (χ0v) is 18.9. The molecule has 2 aromatic carbocycles. The Hall–Kier alpha value is -1.86. The summed E-state index contributed by atoms with van der Waals surface area (Å²) in [7, 11) is 0. The third kappa shape index (κ3) is 3.96. The summed E-state index contributed by atoms with van der Waals surface area (Å²) in [4.78, 5) is 28.5. The van der Waals surface area contributed by atoms with Gasteiger partial charge in [0.2, 0.25) is 0 Å². The summed E-state index contributed by atoms with van der Waals surface area (Å²) in [5.74, 6) is -0.427. The van der Waals surface area contributed by atoms with Crippen LogP contribution in [-0.4, -0.2) is 22.3 Å². The molecule has 0 fully saturated rings. The first-order valence-electron chi connectivity index (χ1n) is 8.99. The highest BCUT2D eigenvalue weighted by molar-refractivity contribution is 14.1. The molecule has 6 heteroatoms. The van der Waals surface area contributed by atoms with Gasteiger partial charge >= 0.3 is 0 Å². The van der Waals surface area contributed by atoms with Gasteiger partial charge in [-0.25, -0.2) is 0 Å². The molecule has 1 unspecified atom stereocenters. The predicted octanol–water partition coefficient (Wildman–Crippen LogP) is 5.11. The van der Waals surface area contributed by atoms with Gasteiger partial charge in [-0.3, -0.25) is 14.5 Å². The number of hydrogen-bond donors (Lipinski definition) is 1. The average molecular weight is 509 g/mol. The predicted molar refractivity (Wildman–Crippen MR) is 120 cm³/mol. The van der Waals surface area contributed by atoms with Crippen LogP contribution in [0.3, 0.4) is 0 Å². The number of halogens is 2. The van der Waals surface area contributed by atoms with Crippen LogP contribution >= 0.6 is 34.2 Å². The lowest BCUT2D eigenvalue weighted by atomic mass is 9.84. The lowest BCUT2D eigenvalue weighted by Crippen LogP contribution is -2.58. The first kappa shape index (κ1) is 20.9. The molecule has 28 heavy (non-hydrogen) atoms.